The van der Waals surface area contributed by atoms with Gasteiger partial charge >= 0.3 is 5.97 Å². The van der Waals surface area contributed by atoms with Gasteiger partial charge in [-0.25, -0.2) is 22.9 Å². The van der Waals surface area contributed by atoms with E-state index in [1.165, 1.54) is 19.7 Å². The number of hydrogen-bond donors (Lipinski definition) is 2. The van der Waals surface area contributed by atoms with E-state index >= 15 is 0 Å². The minimum absolute atomic E-state index is 0.0948. The molecule has 1 saturated carbocycles. The number of imidazole rings is 1. The molecule has 0 atom stereocenters. The number of esters is 1. The number of nitrogens with two attached hydrogens (primary N) is 1. The van der Waals surface area contributed by atoms with E-state index in [2.05, 4.69) is 15.1 Å². The zero-order valence-corrected chi connectivity index (χ0v) is 19.1. The lowest BCUT2D eigenvalue weighted by Crippen LogP contribution is -2.23. The summed E-state index contributed by atoms with van der Waals surface area (Å²) in [5.41, 5.74) is 8.51. The Labute approximate surface area is 190 Å². The van der Waals surface area contributed by atoms with Crippen molar-refractivity contribution in [3.05, 3.63) is 36.4 Å². The summed E-state index contributed by atoms with van der Waals surface area (Å²) in [6.45, 7) is 0. The van der Waals surface area contributed by atoms with E-state index in [1.54, 1.807) is 16.6 Å². The molecule has 11 heteroatoms. The summed E-state index contributed by atoms with van der Waals surface area (Å²) < 4.78 is 31.1. The third-order valence-corrected chi connectivity index (χ3v) is 7.52. The van der Waals surface area contributed by atoms with Gasteiger partial charge in [-0.2, -0.15) is 5.10 Å². The number of carbonyl (C=O) groups is 1. The van der Waals surface area contributed by atoms with Crippen molar-refractivity contribution in [2.45, 2.75) is 36.5 Å². The van der Waals surface area contributed by atoms with E-state index in [0.29, 0.717) is 35.3 Å². The number of nitrogen functional groups attached to an aromatic ring is 1. The minimum Gasteiger partial charge on any atom is -0.469 e. The highest BCUT2D eigenvalue weighted by molar-refractivity contribution is 7.91. The van der Waals surface area contributed by atoms with Gasteiger partial charge in [0.15, 0.2) is 15.7 Å². The van der Waals surface area contributed by atoms with E-state index in [1.807, 2.05) is 12.1 Å². The maximum Gasteiger partial charge on any atom is 0.308 e. The van der Waals surface area contributed by atoms with E-state index in [0.717, 1.165) is 24.1 Å². The van der Waals surface area contributed by atoms with Gasteiger partial charge in [-0.15, -0.1) is 0 Å². The first-order valence-electron chi connectivity index (χ1n) is 10.7. The van der Waals surface area contributed by atoms with Crippen molar-refractivity contribution in [2.24, 2.45) is 5.92 Å². The highest BCUT2D eigenvalue weighted by atomic mass is 32.2. The number of anilines is 1. The number of benzene rings is 1. The number of fused-ring (bicyclic) bond motifs is 2. The number of H-pyrrole nitrogens is 1. The van der Waals surface area contributed by atoms with Gasteiger partial charge in [0.25, 0.3) is 0 Å². The van der Waals surface area contributed by atoms with E-state index in [9.17, 15) is 13.2 Å². The summed E-state index contributed by atoms with van der Waals surface area (Å²) in [6.07, 6.45) is 5.55. The van der Waals surface area contributed by atoms with Crippen LogP contribution in [-0.4, -0.2) is 52.3 Å². The number of aromatic nitrogens is 5. The predicted molar refractivity (Wildman–Crippen MR) is 122 cm³/mol. The highest BCUT2D eigenvalue weighted by Crippen LogP contribution is 2.39. The zero-order chi connectivity index (χ0) is 23.3. The first kappa shape index (κ1) is 21.4. The van der Waals surface area contributed by atoms with Gasteiger partial charge in [0.05, 0.1) is 29.1 Å². The molecule has 0 aliphatic heterocycles. The second-order valence-electron chi connectivity index (χ2n) is 8.47. The van der Waals surface area contributed by atoms with Crippen LogP contribution in [0.4, 0.5) is 5.82 Å². The number of sulfone groups is 1. The van der Waals surface area contributed by atoms with E-state index < -0.39 is 9.84 Å². The Morgan fingerprint density at radius 2 is 2.00 bits per heavy atom. The van der Waals surface area contributed by atoms with E-state index in [4.69, 9.17) is 15.5 Å². The Bertz CT molecular complexity index is 1480. The van der Waals surface area contributed by atoms with Gasteiger partial charge in [-0.1, -0.05) is 12.1 Å². The van der Waals surface area contributed by atoms with Crippen molar-refractivity contribution >= 4 is 38.0 Å². The van der Waals surface area contributed by atoms with E-state index in [-0.39, 0.29) is 28.5 Å². The second-order valence-corrected chi connectivity index (χ2v) is 10.5. The Hall–Kier alpha value is -3.47. The van der Waals surface area contributed by atoms with Crippen LogP contribution in [0.3, 0.4) is 0 Å². The quantitative estimate of drug-likeness (QED) is 0.435. The molecule has 3 aromatic heterocycles. The molecule has 33 heavy (non-hydrogen) atoms. The van der Waals surface area contributed by atoms with Gasteiger partial charge in [0.1, 0.15) is 23.4 Å². The third kappa shape index (κ3) is 3.62. The van der Waals surface area contributed by atoms with Crippen LogP contribution in [0.25, 0.3) is 27.8 Å². The van der Waals surface area contributed by atoms with Crippen molar-refractivity contribution in [3.63, 3.8) is 0 Å². The summed E-state index contributed by atoms with van der Waals surface area (Å²) in [5, 5.41) is 5.16. The summed E-state index contributed by atoms with van der Waals surface area (Å²) in [7, 11) is -2.00. The Kier molecular flexibility index (Phi) is 5.08. The molecule has 1 aliphatic carbocycles. The largest absolute Gasteiger partial charge is 0.469 e. The van der Waals surface area contributed by atoms with Crippen LogP contribution in [0.15, 0.2) is 35.5 Å². The number of rotatable bonds is 4. The number of aromatic amines is 1. The first-order chi connectivity index (χ1) is 15.8. The van der Waals surface area contributed by atoms with Gasteiger partial charge in [0, 0.05) is 17.6 Å². The monoisotopic (exact) mass is 468 g/mol. The van der Waals surface area contributed by atoms with Crippen LogP contribution in [0, 0.1) is 5.92 Å². The molecule has 1 aliphatic rings. The van der Waals surface area contributed by atoms with Gasteiger partial charge < -0.3 is 15.5 Å². The molecule has 1 fully saturated rings. The fourth-order valence-corrected chi connectivity index (χ4v) is 5.61. The average Bonchev–Trinajstić information content (AvgIpc) is 3.40. The molecule has 5 rings (SSSR count). The van der Waals surface area contributed by atoms with Crippen LogP contribution in [0.5, 0.6) is 0 Å². The fourth-order valence-electron chi connectivity index (χ4n) is 4.75. The number of methoxy groups -OCH3 is 1. The van der Waals surface area contributed by atoms with Crippen LogP contribution < -0.4 is 5.73 Å². The van der Waals surface area contributed by atoms with Crippen LogP contribution in [-0.2, 0) is 19.4 Å². The molecule has 3 N–H and O–H groups in total. The maximum atomic E-state index is 12.3. The molecule has 1 aromatic carbocycles. The number of hydrogen-bond acceptors (Lipinski definition) is 8. The van der Waals surface area contributed by atoms with Crippen molar-refractivity contribution < 1.29 is 17.9 Å². The Morgan fingerprint density at radius 3 is 2.70 bits per heavy atom. The Balaban J connectivity index is 1.62. The molecule has 10 nitrogen and oxygen atoms in total. The number of nitrogens with one attached hydrogen (secondary N) is 1. The smallest absolute Gasteiger partial charge is 0.308 e. The van der Waals surface area contributed by atoms with Crippen LogP contribution >= 0.6 is 0 Å². The van der Waals surface area contributed by atoms with Crippen LogP contribution in [0.1, 0.15) is 37.4 Å². The molecule has 0 radical (unpaired) electrons. The molecular weight excluding hydrogens is 444 g/mol. The zero-order valence-electron chi connectivity index (χ0n) is 18.3. The lowest BCUT2D eigenvalue weighted by atomic mass is 9.81. The summed E-state index contributed by atoms with van der Waals surface area (Å²) in [5.74, 6) is 0.856. The minimum atomic E-state index is -3.42. The first-order valence-corrected chi connectivity index (χ1v) is 12.6. The molecule has 0 amide bonds. The average molecular weight is 469 g/mol. The lowest BCUT2D eigenvalue weighted by Gasteiger charge is -2.25. The molecule has 0 spiro atoms. The maximum absolute atomic E-state index is 12.3. The predicted octanol–water partition coefficient (Wildman–Crippen LogP) is 2.71. The van der Waals surface area contributed by atoms with Gasteiger partial charge in [-0.05, 0) is 37.8 Å². The third-order valence-electron chi connectivity index (χ3n) is 6.39. The topological polar surface area (TPSA) is 145 Å². The fraction of sp³-hybridized carbons (Fsp3) is 0.364. The summed E-state index contributed by atoms with van der Waals surface area (Å²) in [4.78, 5) is 24.4. The van der Waals surface area contributed by atoms with Crippen molar-refractivity contribution in [1.29, 1.82) is 0 Å². The molecule has 0 unspecified atom stereocenters. The summed E-state index contributed by atoms with van der Waals surface area (Å²) in [6, 6.07) is 6.99. The molecule has 0 bridgehead atoms. The summed E-state index contributed by atoms with van der Waals surface area (Å²) >= 11 is 0. The second kappa shape index (κ2) is 7.84. The SMILES string of the molecule is COC(=O)[C@H]1CC[C@H](c2nc(-c3cc4cccc(S(C)(=O)=O)c4[nH]3)c3c(N)ncnn32)CC1. The van der Waals surface area contributed by atoms with Crippen molar-refractivity contribution in [2.75, 3.05) is 19.1 Å². The number of nitrogens with zero attached hydrogens (tertiary/aromatic N) is 4. The number of carbonyl (C=O) groups excluding carboxylic acids is 1. The molecular formula is C22H24N6O4S. The van der Waals surface area contributed by atoms with Crippen molar-refractivity contribution in [1.82, 2.24) is 24.6 Å². The van der Waals surface area contributed by atoms with Crippen molar-refractivity contribution in [3.8, 4) is 11.4 Å². The Morgan fingerprint density at radius 1 is 1.24 bits per heavy atom. The molecule has 3 heterocycles. The number of para-hydroxylation sites is 1. The van der Waals surface area contributed by atoms with Crippen LogP contribution in [0.2, 0.25) is 0 Å². The lowest BCUT2D eigenvalue weighted by molar-refractivity contribution is -0.146. The molecule has 4 aromatic rings. The highest BCUT2D eigenvalue weighted by Gasteiger charge is 2.31. The molecule has 172 valence electrons. The number of ether oxygens (including phenoxy) is 1. The van der Waals surface area contributed by atoms with Gasteiger partial charge in [-0.3, -0.25) is 4.79 Å². The molecule has 0 saturated heterocycles. The standard InChI is InChI=1S/C22H24N6O4S/c1-32-22(29)13-8-6-12(7-9-13)21-27-18(19-20(23)24-11-25-28(19)21)15-10-14-4-3-5-16(17(14)26-15)33(2,30)31/h3-5,10-13,26H,6-9H2,1-2H3,(H2,23,24,25)/t12-,13-. The van der Waals surface area contributed by atoms with Gasteiger partial charge in [0.2, 0.25) is 0 Å². The normalized spacial score (nSPS) is 19.2.